The van der Waals surface area contributed by atoms with E-state index in [4.69, 9.17) is 0 Å². The van der Waals surface area contributed by atoms with Crippen molar-refractivity contribution in [3.05, 3.63) is 39.9 Å². The van der Waals surface area contributed by atoms with E-state index in [9.17, 15) is 4.79 Å². The molecule has 0 unspecified atom stereocenters. The van der Waals surface area contributed by atoms with Crippen LogP contribution in [0, 0.1) is 0 Å². The zero-order valence-electron chi connectivity index (χ0n) is 11.8. The molecule has 1 aromatic carbocycles. The summed E-state index contributed by atoms with van der Waals surface area (Å²) in [7, 11) is 0. The molecule has 0 saturated heterocycles. The summed E-state index contributed by atoms with van der Waals surface area (Å²) in [6.07, 6.45) is 6.38. The van der Waals surface area contributed by atoms with Crippen LogP contribution in [0.1, 0.15) is 46.9 Å². The number of rotatable bonds is 4. The zero-order valence-corrected chi connectivity index (χ0v) is 12.6. The first kappa shape index (κ1) is 13.0. The van der Waals surface area contributed by atoms with Gasteiger partial charge >= 0.3 is 0 Å². The van der Waals surface area contributed by atoms with Crippen molar-refractivity contribution in [2.24, 2.45) is 0 Å². The number of carbonyl (C=O) groups excluding carboxylic acids is 1. The lowest BCUT2D eigenvalue weighted by Crippen LogP contribution is -2.14. The highest BCUT2D eigenvalue weighted by Gasteiger charge is 2.27. The first-order chi connectivity index (χ1) is 10.3. The number of nitrogens with zero attached hydrogens (tertiary/aromatic N) is 2. The Labute approximate surface area is 127 Å². The van der Waals surface area contributed by atoms with Crippen molar-refractivity contribution >= 4 is 22.4 Å². The van der Waals surface area contributed by atoms with Crippen LogP contribution in [-0.4, -0.2) is 16.1 Å². The highest BCUT2D eigenvalue weighted by atomic mass is 32.1. The van der Waals surface area contributed by atoms with E-state index in [0.29, 0.717) is 17.5 Å². The number of carbonyl (C=O) groups is 1. The maximum absolute atomic E-state index is 12.1. The maximum Gasteiger partial charge on any atom is 0.230 e. The minimum Gasteiger partial charge on any atom is -0.300 e. The predicted octanol–water partition coefficient (Wildman–Crippen LogP) is 3.09. The number of aromatic nitrogens is 2. The van der Waals surface area contributed by atoms with Gasteiger partial charge in [-0.3, -0.25) is 4.79 Å². The van der Waals surface area contributed by atoms with E-state index in [1.54, 1.807) is 0 Å². The summed E-state index contributed by atoms with van der Waals surface area (Å²) in [6.45, 7) is 0. The Bertz CT molecular complexity index is 691. The molecule has 5 heteroatoms. The molecule has 1 aromatic heterocycles. The molecular weight excluding hydrogens is 282 g/mol. The van der Waals surface area contributed by atoms with Crippen molar-refractivity contribution in [1.82, 2.24) is 10.2 Å². The summed E-state index contributed by atoms with van der Waals surface area (Å²) in [5, 5.41) is 12.7. The third-order valence-electron chi connectivity index (χ3n) is 4.14. The van der Waals surface area contributed by atoms with E-state index in [-0.39, 0.29) is 5.91 Å². The van der Waals surface area contributed by atoms with Crippen molar-refractivity contribution in [2.75, 3.05) is 5.32 Å². The molecule has 1 saturated carbocycles. The molecule has 0 bridgehead atoms. The first-order valence-electron chi connectivity index (χ1n) is 7.52. The predicted molar refractivity (Wildman–Crippen MR) is 82.7 cm³/mol. The Morgan fingerprint density at radius 3 is 2.95 bits per heavy atom. The van der Waals surface area contributed by atoms with Gasteiger partial charge in [-0.05, 0) is 48.8 Å². The Morgan fingerprint density at radius 2 is 2.10 bits per heavy atom. The van der Waals surface area contributed by atoms with Gasteiger partial charge in [-0.1, -0.05) is 29.5 Å². The van der Waals surface area contributed by atoms with E-state index < -0.39 is 0 Å². The number of benzene rings is 1. The topological polar surface area (TPSA) is 54.9 Å². The second-order valence-electron chi connectivity index (χ2n) is 5.90. The van der Waals surface area contributed by atoms with Gasteiger partial charge in [-0.15, -0.1) is 10.2 Å². The summed E-state index contributed by atoms with van der Waals surface area (Å²) in [5.74, 6) is 0.580. The van der Waals surface area contributed by atoms with Crippen molar-refractivity contribution < 1.29 is 4.79 Å². The van der Waals surface area contributed by atoms with Gasteiger partial charge in [0, 0.05) is 5.92 Å². The lowest BCUT2D eigenvalue weighted by Gasteiger charge is -2.04. The van der Waals surface area contributed by atoms with Gasteiger partial charge in [0.05, 0.1) is 6.42 Å². The number of nitrogens with one attached hydrogen (secondary N) is 1. The van der Waals surface area contributed by atoms with E-state index >= 15 is 0 Å². The van der Waals surface area contributed by atoms with Gasteiger partial charge in [0.15, 0.2) is 0 Å². The molecule has 1 amide bonds. The van der Waals surface area contributed by atoms with Crippen LogP contribution >= 0.6 is 11.3 Å². The molecule has 1 N–H and O–H groups in total. The molecule has 0 radical (unpaired) electrons. The molecule has 4 nitrogen and oxygen atoms in total. The van der Waals surface area contributed by atoms with E-state index in [1.165, 1.54) is 48.1 Å². The van der Waals surface area contributed by atoms with Crippen LogP contribution in [0.3, 0.4) is 0 Å². The van der Waals surface area contributed by atoms with Gasteiger partial charge in [-0.25, -0.2) is 0 Å². The van der Waals surface area contributed by atoms with Gasteiger partial charge in [-0.2, -0.15) is 0 Å². The smallest absolute Gasteiger partial charge is 0.230 e. The molecule has 0 aliphatic heterocycles. The summed E-state index contributed by atoms with van der Waals surface area (Å²) < 4.78 is 0. The summed E-state index contributed by atoms with van der Waals surface area (Å²) in [6, 6.07) is 6.41. The molecule has 2 aliphatic rings. The second-order valence-corrected chi connectivity index (χ2v) is 6.91. The molecule has 0 atom stereocenters. The van der Waals surface area contributed by atoms with Gasteiger partial charge in [0.25, 0.3) is 0 Å². The number of fused-ring (bicyclic) bond motifs is 1. The van der Waals surface area contributed by atoms with Crippen molar-refractivity contribution in [3.8, 4) is 0 Å². The van der Waals surface area contributed by atoms with Crippen LogP contribution in [0.25, 0.3) is 0 Å². The number of hydrogen-bond acceptors (Lipinski definition) is 4. The van der Waals surface area contributed by atoms with Crippen LogP contribution in [0.2, 0.25) is 0 Å². The average molecular weight is 299 g/mol. The number of aryl methyl sites for hydroxylation is 2. The third-order valence-corrected chi connectivity index (χ3v) is 5.14. The Hall–Kier alpha value is -1.75. The fourth-order valence-electron chi connectivity index (χ4n) is 2.86. The van der Waals surface area contributed by atoms with Crippen LogP contribution < -0.4 is 5.32 Å². The molecule has 2 aromatic rings. The Morgan fingerprint density at radius 1 is 1.24 bits per heavy atom. The lowest BCUT2D eigenvalue weighted by atomic mass is 10.0. The van der Waals surface area contributed by atoms with Crippen LogP contribution in [0.4, 0.5) is 5.13 Å². The quantitative estimate of drug-likeness (QED) is 0.944. The number of anilines is 1. The fourth-order valence-corrected chi connectivity index (χ4v) is 3.79. The molecule has 4 rings (SSSR count). The summed E-state index contributed by atoms with van der Waals surface area (Å²) >= 11 is 1.51. The first-order valence-corrected chi connectivity index (χ1v) is 8.33. The number of amides is 1. The standard InChI is InChI=1S/C16H17N3OS/c20-14(17-16-19-18-15(21-16)12-6-7-12)9-10-4-5-11-2-1-3-13(11)8-10/h4-5,8,12H,1-3,6-7,9H2,(H,17,19,20). The monoisotopic (exact) mass is 299 g/mol. The molecule has 21 heavy (non-hydrogen) atoms. The molecular formula is C16H17N3OS. The highest BCUT2D eigenvalue weighted by Crippen LogP contribution is 2.42. The van der Waals surface area contributed by atoms with Crippen LogP contribution in [0.5, 0.6) is 0 Å². The zero-order chi connectivity index (χ0) is 14.2. The largest absolute Gasteiger partial charge is 0.300 e. The van der Waals surface area contributed by atoms with E-state index in [2.05, 4.69) is 33.7 Å². The maximum atomic E-state index is 12.1. The average Bonchev–Trinajstić information content (AvgIpc) is 3.04. The Kier molecular flexibility index (Phi) is 3.22. The van der Waals surface area contributed by atoms with Crippen molar-refractivity contribution in [3.63, 3.8) is 0 Å². The van der Waals surface area contributed by atoms with Crippen molar-refractivity contribution in [2.45, 2.75) is 44.4 Å². The Balaban J connectivity index is 1.40. The second kappa shape index (κ2) is 5.22. The lowest BCUT2D eigenvalue weighted by molar-refractivity contribution is -0.115. The van der Waals surface area contributed by atoms with E-state index in [0.717, 1.165) is 17.0 Å². The summed E-state index contributed by atoms with van der Waals surface area (Å²) in [5.41, 5.74) is 3.93. The third kappa shape index (κ3) is 2.83. The summed E-state index contributed by atoms with van der Waals surface area (Å²) in [4.78, 5) is 12.1. The molecule has 2 aliphatic carbocycles. The van der Waals surface area contributed by atoms with Crippen molar-refractivity contribution in [1.29, 1.82) is 0 Å². The van der Waals surface area contributed by atoms with Gasteiger partial charge < -0.3 is 5.32 Å². The minimum absolute atomic E-state index is 0.00792. The van der Waals surface area contributed by atoms with Gasteiger partial charge in [0.2, 0.25) is 11.0 Å². The van der Waals surface area contributed by atoms with Crippen LogP contribution in [-0.2, 0) is 24.1 Å². The molecule has 108 valence electrons. The molecule has 1 fully saturated rings. The minimum atomic E-state index is -0.00792. The normalized spacial score (nSPS) is 16.8. The van der Waals surface area contributed by atoms with Crippen LogP contribution in [0.15, 0.2) is 18.2 Å². The fraction of sp³-hybridized carbons (Fsp3) is 0.438. The highest BCUT2D eigenvalue weighted by molar-refractivity contribution is 7.15. The van der Waals surface area contributed by atoms with Gasteiger partial charge in [0.1, 0.15) is 5.01 Å². The molecule has 0 spiro atoms. The number of hydrogen-bond donors (Lipinski definition) is 1. The molecule has 1 heterocycles. The SMILES string of the molecule is O=C(Cc1ccc2c(c1)CCC2)Nc1nnc(C2CC2)s1. The van der Waals surface area contributed by atoms with E-state index in [1.807, 2.05) is 0 Å².